The number of fused-ring (bicyclic) bond motifs is 15. The van der Waals surface area contributed by atoms with Crippen molar-refractivity contribution in [1.82, 2.24) is 36.4 Å². The monoisotopic (exact) mass is 1730 g/mol. The fourth-order valence-electron chi connectivity index (χ4n) is 18.1. The molecule has 0 unspecified atom stereocenters. The van der Waals surface area contributed by atoms with Gasteiger partial charge in [0.2, 0.25) is 41.6 Å². The van der Waals surface area contributed by atoms with Crippen LogP contribution in [-0.4, -0.2) is 207 Å². The van der Waals surface area contributed by atoms with Crippen LogP contribution in [0.25, 0.3) is 11.1 Å². The second-order valence-electron chi connectivity index (χ2n) is 34.0. The quantitative estimate of drug-likeness (QED) is 0.0306. The van der Waals surface area contributed by atoms with Gasteiger partial charge < -0.3 is 111 Å². The summed E-state index contributed by atoms with van der Waals surface area (Å²) in [6.07, 6.45) is -11.4. The van der Waals surface area contributed by atoms with Crippen LogP contribution < -0.4 is 61.3 Å². The van der Waals surface area contributed by atoms with Crippen molar-refractivity contribution in [3.8, 4) is 68.6 Å². The summed E-state index contributed by atoms with van der Waals surface area (Å²) >= 11 is 14.4. The van der Waals surface area contributed by atoms with E-state index in [1.54, 1.807) is 13.0 Å². The number of benzene rings is 6. The maximum Gasteiger partial charge on any atom is 0.325 e. The third kappa shape index (κ3) is 20.3. The summed E-state index contributed by atoms with van der Waals surface area (Å²) in [5, 5.41) is 110. The number of nitrogens with zero attached hydrogens (tertiary/aromatic N) is 2. The maximum atomic E-state index is 16.7. The molecule has 14 atom stereocenters. The smallest absolute Gasteiger partial charge is 0.325 e. The molecule has 16 N–H and O–H groups in total. The van der Waals surface area contributed by atoms with Crippen LogP contribution in [0, 0.1) is 47.3 Å². The molecule has 7 amide bonds. The Balaban J connectivity index is 0.978. The number of ether oxygens (including phenoxy) is 6. The number of hydrogen-bond acceptors (Lipinski definition) is 26. The predicted molar refractivity (Wildman–Crippen MR) is 443 cm³/mol. The second-order valence-corrected chi connectivity index (χ2v) is 34.9. The van der Waals surface area contributed by atoms with Gasteiger partial charge in [-0.05, 0) is 191 Å². The largest absolute Gasteiger partial charge is 0.508 e. The SMILES string of the molecule is CC[C@H](CC(C)C)C(=O)N[C@H]1C(=O)C[C@@H](CC(=O)NC(=O)Nc2cc(OCCN(C)C)cc(OCCN(C)C)c2)C(=O)N[C@H]2C(=O)C[C@H]3C(=O)N[C@H](C(=O)N[C@H](C(=O)CC4C5CC6CC(C5)CC4C6)c4cc(O)cc(O)c4-c4cc3ccc4O)[C@H](O)c3ccc(c(Cl)c3)Oc3cc2cc(c3O[C@@H]2O[C@H](CN)[C@@H](O)[C@H](O)[C@H]2O)Oc2ccc(cc2Cl)[C@H]1O. The van der Waals surface area contributed by atoms with Crippen LogP contribution in [0.15, 0.2) is 97.1 Å². The van der Waals surface area contributed by atoms with Crippen molar-refractivity contribution in [2.45, 2.75) is 164 Å². The number of phenolic OH excluding ortho intramolecular Hbond substituents is 3. The number of Topliss-reactive ketones (excluding diaryl/α,β-unsaturated/α-hetero) is 3. The Labute approximate surface area is 714 Å². The van der Waals surface area contributed by atoms with E-state index in [4.69, 9.17) is 57.4 Å². The number of amides is 7. The Bertz CT molecular complexity index is 4910. The van der Waals surface area contributed by atoms with Crippen LogP contribution in [0.5, 0.6) is 57.5 Å². The summed E-state index contributed by atoms with van der Waals surface area (Å²) in [5.41, 5.74) is 4.52. The van der Waals surface area contributed by atoms with Crippen LogP contribution in [0.1, 0.15) is 149 Å². The number of nitrogens with two attached hydrogens (primary N) is 1. The molecule has 0 spiro atoms. The minimum absolute atomic E-state index is 0.0481. The van der Waals surface area contributed by atoms with Gasteiger partial charge in [-0.1, -0.05) is 62.2 Å². The van der Waals surface area contributed by atoms with Gasteiger partial charge in [-0.25, -0.2) is 4.79 Å². The van der Waals surface area contributed by atoms with E-state index in [-0.39, 0.29) is 127 Å². The number of anilines is 1. The lowest BCUT2D eigenvalue weighted by Crippen LogP contribution is -2.60. The van der Waals surface area contributed by atoms with Gasteiger partial charge in [0, 0.05) is 92.3 Å². The minimum Gasteiger partial charge on any atom is -0.508 e. The minimum atomic E-state index is -2.23. The van der Waals surface area contributed by atoms with Crippen LogP contribution in [0.4, 0.5) is 10.5 Å². The van der Waals surface area contributed by atoms with Gasteiger partial charge in [0.15, 0.2) is 28.8 Å². The van der Waals surface area contributed by atoms with E-state index in [0.29, 0.717) is 31.3 Å². The second kappa shape index (κ2) is 38.3. The molecule has 6 aromatic rings. The van der Waals surface area contributed by atoms with E-state index in [9.17, 15) is 55.2 Å². The predicted octanol–water partition coefficient (Wildman–Crippen LogP) is 7.94. The Morgan fingerprint density at radius 1 is 0.631 bits per heavy atom. The average molecular weight is 1730 g/mol. The molecule has 6 aliphatic heterocycles. The zero-order valence-electron chi connectivity index (χ0n) is 68.5. The number of imide groups is 1. The molecule has 0 aromatic heterocycles. The molecule has 6 aromatic carbocycles. The third-order valence-electron chi connectivity index (χ3n) is 24.2. The van der Waals surface area contributed by atoms with E-state index in [2.05, 4.69) is 31.9 Å². The van der Waals surface area contributed by atoms with Crippen LogP contribution in [-0.2, 0) is 43.1 Å². The van der Waals surface area contributed by atoms with Crippen molar-refractivity contribution in [2.24, 2.45) is 53.1 Å². The summed E-state index contributed by atoms with van der Waals surface area (Å²) in [6, 6.07) is 10.6. The zero-order valence-corrected chi connectivity index (χ0v) is 70.0. The van der Waals surface area contributed by atoms with E-state index in [1.165, 1.54) is 60.7 Å². The molecule has 34 heteroatoms. The first kappa shape index (κ1) is 89.5. The molecule has 10 aliphatic rings. The van der Waals surface area contributed by atoms with Crippen molar-refractivity contribution in [1.29, 1.82) is 0 Å². The van der Waals surface area contributed by atoms with Crippen LogP contribution in [0.2, 0.25) is 10.0 Å². The molecule has 16 rings (SSSR count). The van der Waals surface area contributed by atoms with Crippen molar-refractivity contribution < 1.29 is 112 Å². The zero-order chi connectivity index (χ0) is 87.6. The van der Waals surface area contributed by atoms with Gasteiger partial charge in [-0.2, -0.15) is 0 Å². The van der Waals surface area contributed by atoms with Crippen LogP contribution >= 0.6 is 23.2 Å². The van der Waals surface area contributed by atoms with Gasteiger partial charge in [0.05, 0.1) is 21.9 Å². The highest BCUT2D eigenvalue weighted by Crippen LogP contribution is 2.58. The highest BCUT2D eigenvalue weighted by atomic mass is 35.5. The lowest BCUT2D eigenvalue weighted by atomic mass is 9.51. The number of aliphatic hydroxyl groups is 5. The Morgan fingerprint density at radius 2 is 1.24 bits per heavy atom. The van der Waals surface area contributed by atoms with Gasteiger partial charge >= 0.3 is 6.03 Å². The molecular formula is C88H105Cl2N9O23. The molecule has 5 fully saturated rings. The molecule has 122 heavy (non-hydrogen) atoms. The third-order valence-corrected chi connectivity index (χ3v) is 24.8. The van der Waals surface area contributed by atoms with E-state index < -0.39 is 198 Å². The first-order valence-electron chi connectivity index (χ1n) is 41.1. The summed E-state index contributed by atoms with van der Waals surface area (Å²) in [7, 11) is 7.40. The standard InChI is InChI=1S/C88H105Cl2N9O23/c1-8-43(19-40(2)3)83(112)96-75-63(103)28-50(31-71(106)93-88(116)92-51-32-53(117-17-15-98(4)5)36-54(33-51)118-18-16-99(6)7)84(113)94-73-49-29-68(119-66-13-10-45(77(75)107)26-59(66)89)82(122-87-81(111)80(110)79(109)70(39-91)121-87)69(30-49)120-67-14-11-46(27-60(67)90)78(108)76-86(115)95-74(65(105)37-55-47-21-41-20-42(23-47)24-48(55)22-41)58-34-52(100)35-62(102)72(58)57-25-44(9-12-61(57)101)56(38-64(73)104)85(114)97-76/h9-14,25-27,29-30,32-36,40-43,47-48,50,55-56,70,73-81,87,100-102,107-111H,8,15-24,28,31,37-39,91H2,1-7H3,(H,94,113)(H,95,115)(H,96,112)(H,97,114)(H2,92,93,106,116)/t41?,42?,43-,47?,48?,50+,55?,56-,70-,73-,74+,75+,76+,77-,78-,79-,80+,81-,87+/m1/s1. The Hall–Kier alpha value is -10.2. The van der Waals surface area contributed by atoms with Crippen molar-refractivity contribution in [2.75, 3.05) is 66.4 Å². The van der Waals surface area contributed by atoms with Gasteiger partial charge in [0.25, 0.3) is 0 Å². The van der Waals surface area contributed by atoms with Gasteiger partial charge in [-0.3, -0.25) is 43.7 Å². The summed E-state index contributed by atoms with van der Waals surface area (Å²) in [6.45, 7) is 6.50. The number of ketones is 3. The van der Waals surface area contributed by atoms with E-state index >= 15 is 28.8 Å². The molecule has 654 valence electrons. The number of rotatable bonds is 22. The number of aliphatic hydroxyl groups excluding tert-OH is 5. The molecule has 6 heterocycles. The molecule has 0 radical (unpaired) electrons. The summed E-state index contributed by atoms with van der Waals surface area (Å²) in [5.74, 6) is -15.5. The van der Waals surface area contributed by atoms with E-state index in [0.717, 1.165) is 62.4 Å². The number of hydrogen-bond donors (Lipinski definition) is 15. The number of phenols is 3. The first-order valence-corrected chi connectivity index (χ1v) is 41.9. The Morgan fingerprint density at radius 3 is 1.82 bits per heavy atom. The van der Waals surface area contributed by atoms with Crippen LogP contribution in [0.3, 0.4) is 0 Å². The molecule has 4 saturated carbocycles. The van der Waals surface area contributed by atoms with Crippen molar-refractivity contribution >= 4 is 81.8 Å². The number of carbonyl (C=O) groups excluding carboxylic acids is 9. The van der Waals surface area contributed by atoms with Crippen molar-refractivity contribution in [3.63, 3.8) is 0 Å². The summed E-state index contributed by atoms with van der Waals surface area (Å²) < 4.78 is 37.9. The molecule has 32 nitrogen and oxygen atoms in total. The lowest BCUT2D eigenvalue weighted by Gasteiger charge is -2.54. The number of likely N-dealkylation sites (N-methyl/N-ethyl adjacent to an activating group) is 2. The number of halogens is 2. The highest BCUT2D eigenvalue weighted by molar-refractivity contribution is 6.32. The van der Waals surface area contributed by atoms with E-state index in [1.807, 2.05) is 51.8 Å². The summed E-state index contributed by atoms with van der Waals surface area (Å²) in [4.78, 5) is 143. The molecule has 15 bridgehead atoms. The fraction of sp³-hybridized carbons (Fsp3) is 0.489. The topological polar surface area (TPSA) is 476 Å². The first-order chi connectivity index (χ1) is 58.1. The molecular weight excluding hydrogens is 1620 g/mol. The van der Waals surface area contributed by atoms with Gasteiger partial charge in [0.1, 0.15) is 114 Å². The van der Waals surface area contributed by atoms with Crippen molar-refractivity contribution in [3.05, 3.63) is 135 Å². The molecule has 4 aliphatic carbocycles. The number of nitrogens with one attached hydrogen (secondary N) is 6. The normalized spacial score (nSPS) is 27.2. The number of urea groups is 1. The maximum absolute atomic E-state index is 16.7. The fourth-order valence-corrected chi connectivity index (χ4v) is 18.6. The number of aromatic hydroxyl groups is 3. The van der Waals surface area contributed by atoms with Gasteiger partial charge in [-0.15, -0.1) is 0 Å². The Kier molecular flexibility index (Phi) is 28.1. The number of carbonyl (C=O) groups is 9. The lowest BCUT2D eigenvalue weighted by molar-refractivity contribution is -0.270. The average Bonchev–Trinajstić information content (AvgIpc) is 0.755. The highest BCUT2D eigenvalue weighted by Gasteiger charge is 2.51. The molecule has 1 saturated heterocycles.